The highest BCUT2D eigenvalue weighted by Gasteiger charge is 2.31. The van der Waals surface area contributed by atoms with E-state index < -0.39 is 17.8 Å². The first-order valence-electron chi connectivity index (χ1n) is 5.39. The molecule has 1 aromatic carbocycles. The summed E-state index contributed by atoms with van der Waals surface area (Å²) in [4.78, 5) is 11.9. The Morgan fingerprint density at radius 2 is 1.83 bits per heavy atom. The molecule has 18 heavy (non-hydrogen) atoms. The van der Waals surface area contributed by atoms with Crippen LogP contribution >= 0.6 is 0 Å². The molecule has 1 heterocycles. The summed E-state index contributed by atoms with van der Waals surface area (Å²) in [7, 11) is 0. The van der Waals surface area contributed by atoms with E-state index in [0.717, 1.165) is 24.3 Å². The number of ether oxygens (including phenoxy) is 2. The van der Waals surface area contributed by atoms with Crippen LogP contribution < -0.4 is 0 Å². The molecule has 0 amide bonds. The zero-order valence-electron chi connectivity index (χ0n) is 9.37. The summed E-state index contributed by atoms with van der Waals surface area (Å²) >= 11 is 0. The van der Waals surface area contributed by atoms with Gasteiger partial charge >= 0.3 is 6.18 Å². The standard InChI is InChI=1S/C12H11F3O3/c13-12(14,15)9-3-1-8(2-4-9)11(16)10-7-17-5-6-18-10/h1-4,10H,5-7H2. The fraction of sp³-hybridized carbons (Fsp3) is 0.417. The van der Waals surface area contributed by atoms with E-state index in [0.29, 0.717) is 13.2 Å². The normalized spacial score (nSPS) is 20.7. The minimum absolute atomic E-state index is 0.139. The van der Waals surface area contributed by atoms with E-state index >= 15 is 0 Å². The van der Waals surface area contributed by atoms with Gasteiger partial charge in [-0.05, 0) is 12.1 Å². The Labute approximate surface area is 102 Å². The molecule has 1 aliphatic heterocycles. The Morgan fingerprint density at radius 1 is 1.17 bits per heavy atom. The summed E-state index contributed by atoms with van der Waals surface area (Å²) in [5.41, 5.74) is -0.585. The van der Waals surface area contributed by atoms with E-state index in [-0.39, 0.29) is 18.0 Å². The Hall–Kier alpha value is -1.40. The van der Waals surface area contributed by atoms with Crippen molar-refractivity contribution in [2.24, 2.45) is 0 Å². The van der Waals surface area contributed by atoms with Crippen LogP contribution in [0.4, 0.5) is 13.2 Å². The highest BCUT2D eigenvalue weighted by Crippen LogP contribution is 2.29. The monoisotopic (exact) mass is 260 g/mol. The molecule has 1 aliphatic rings. The first-order chi connectivity index (χ1) is 8.48. The first-order valence-corrected chi connectivity index (χ1v) is 5.39. The van der Waals surface area contributed by atoms with Gasteiger partial charge in [-0.15, -0.1) is 0 Å². The molecule has 3 nitrogen and oxygen atoms in total. The molecule has 98 valence electrons. The number of alkyl halides is 3. The molecule has 1 unspecified atom stereocenters. The molecule has 0 aromatic heterocycles. The molecule has 0 N–H and O–H groups in total. The Bertz CT molecular complexity index is 419. The number of hydrogen-bond acceptors (Lipinski definition) is 3. The summed E-state index contributed by atoms with van der Waals surface area (Å²) in [5, 5.41) is 0. The maximum absolute atomic E-state index is 12.3. The van der Waals surface area contributed by atoms with Crippen LogP contribution in [0.5, 0.6) is 0 Å². The van der Waals surface area contributed by atoms with Crippen LogP contribution in [0, 0.1) is 0 Å². The minimum Gasteiger partial charge on any atom is -0.376 e. The van der Waals surface area contributed by atoms with Gasteiger partial charge in [-0.2, -0.15) is 13.2 Å². The lowest BCUT2D eigenvalue weighted by molar-refractivity contribution is -0.137. The van der Waals surface area contributed by atoms with Crippen molar-refractivity contribution < 1.29 is 27.4 Å². The number of Topliss-reactive ketones (excluding diaryl/α,β-unsaturated/α-hetero) is 1. The van der Waals surface area contributed by atoms with E-state index in [4.69, 9.17) is 9.47 Å². The molecule has 1 aromatic rings. The zero-order valence-corrected chi connectivity index (χ0v) is 9.37. The quantitative estimate of drug-likeness (QED) is 0.765. The topological polar surface area (TPSA) is 35.5 Å². The van der Waals surface area contributed by atoms with Crippen molar-refractivity contribution in [1.82, 2.24) is 0 Å². The van der Waals surface area contributed by atoms with E-state index in [1.165, 1.54) is 0 Å². The van der Waals surface area contributed by atoms with Crippen LogP contribution in [0.25, 0.3) is 0 Å². The lowest BCUT2D eigenvalue weighted by atomic mass is 10.0. The van der Waals surface area contributed by atoms with E-state index in [9.17, 15) is 18.0 Å². The number of ketones is 1. The lowest BCUT2D eigenvalue weighted by Gasteiger charge is -2.21. The van der Waals surface area contributed by atoms with Gasteiger partial charge in [0.05, 0.1) is 25.4 Å². The fourth-order valence-electron chi connectivity index (χ4n) is 1.65. The van der Waals surface area contributed by atoms with Crippen molar-refractivity contribution in [3.63, 3.8) is 0 Å². The zero-order chi connectivity index (χ0) is 13.2. The van der Waals surface area contributed by atoms with Crippen molar-refractivity contribution in [3.05, 3.63) is 35.4 Å². The first kappa shape index (κ1) is 13.0. The summed E-state index contributed by atoms with van der Waals surface area (Å²) in [6.45, 7) is 0.883. The van der Waals surface area contributed by atoms with Gasteiger partial charge in [0, 0.05) is 5.56 Å². The number of benzene rings is 1. The highest BCUT2D eigenvalue weighted by atomic mass is 19.4. The lowest BCUT2D eigenvalue weighted by Crippen LogP contribution is -2.35. The third-order valence-corrected chi connectivity index (χ3v) is 2.61. The average molecular weight is 260 g/mol. The second-order valence-electron chi connectivity index (χ2n) is 3.87. The summed E-state index contributed by atoms with van der Waals surface area (Å²) in [5.74, 6) is -0.358. The van der Waals surface area contributed by atoms with Gasteiger partial charge in [0.1, 0.15) is 6.10 Å². The molecule has 1 atom stereocenters. The molecule has 2 rings (SSSR count). The van der Waals surface area contributed by atoms with Crippen LogP contribution in [0.15, 0.2) is 24.3 Å². The highest BCUT2D eigenvalue weighted by molar-refractivity contribution is 5.99. The van der Waals surface area contributed by atoms with Gasteiger partial charge in [0.25, 0.3) is 0 Å². The van der Waals surface area contributed by atoms with Gasteiger partial charge in [0.2, 0.25) is 0 Å². The maximum Gasteiger partial charge on any atom is 0.416 e. The van der Waals surface area contributed by atoms with Crippen LogP contribution in [0.1, 0.15) is 15.9 Å². The Morgan fingerprint density at radius 3 is 2.33 bits per heavy atom. The molecule has 1 saturated heterocycles. The van der Waals surface area contributed by atoms with Gasteiger partial charge < -0.3 is 9.47 Å². The third-order valence-electron chi connectivity index (χ3n) is 2.61. The molecule has 0 spiro atoms. The van der Waals surface area contributed by atoms with Gasteiger partial charge in [-0.25, -0.2) is 0 Å². The van der Waals surface area contributed by atoms with Crippen LogP contribution in [0.2, 0.25) is 0 Å². The summed E-state index contributed by atoms with van der Waals surface area (Å²) < 4.78 is 47.3. The molecule has 0 aliphatic carbocycles. The molecular formula is C12H11F3O3. The van der Waals surface area contributed by atoms with E-state index in [1.54, 1.807) is 0 Å². The smallest absolute Gasteiger partial charge is 0.376 e. The largest absolute Gasteiger partial charge is 0.416 e. The maximum atomic E-state index is 12.3. The van der Waals surface area contributed by atoms with Gasteiger partial charge in [0.15, 0.2) is 5.78 Å². The van der Waals surface area contributed by atoms with E-state index in [2.05, 4.69) is 0 Å². The second-order valence-corrected chi connectivity index (χ2v) is 3.87. The van der Waals surface area contributed by atoms with Crippen molar-refractivity contribution in [2.45, 2.75) is 12.3 Å². The molecule has 0 bridgehead atoms. The van der Waals surface area contributed by atoms with Crippen molar-refractivity contribution >= 4 is 5.78 Å². The van der Waals surface area contributed by atoms with Crippen LogP contribution in [-0.4, -0.2) is 31.7 Å². The summed E-state index contributed by atoms with van der Waals surface area (Å²) in [6, 6.07) is 4.08. The fourth-order valence-corrected chi connectivity index (χ4v) is 1.65. The molecule has 0 saturated carbocycles. The van der Waals surface area contributed by atoms with Gasteiger partial charge in [-0.3, -0.25) is 4.79 Å². The summed E-state index contributed by atoms with van der Waals surface area (Å²) in [6.07, 6.45) is -5.12. The SMILES string of the molecule is O=C(c1ccc(C(F)(F)F)cc1)C1COCCO1. The minimum atomic E-state index is -4.40. The third kappa shape index (κ3) is 2.88. The van der Waals surface area contributed by atoms with Crippen molar-refractivity contribution in [2.75, 3.05) is 19.8 Å². The van der Waals surface area contributed by atoms with Crippen molar-refractivity contribution in [1.29, 1.82) is 0 Å². The van der Waals surface area contributed by atoms with Gasteiger partial charge in [-0.1, -0.05) is 12.1 Å². The van der Waals surface area contributed by atoms with Crippen LogP contribution in [0.3, 0.4) is 0 Å². The Kier molecular flexibility index (Phi) is 3.68. The number of halogens is 3. The number of rotatable bonds is 2. The molecular weight excluding hydrogens is 249 g/mol. The van der Waals surface area contributed by atoms with E-state index in [1.807, 2.05) is 0 Å². The molecule has 1 fully saturated rings. The molecule has 0 radical (unpaired) electrons. The number of carbonyl (C=O) groups is 1. The predicted molar refractivity (Wildman–Crippen MR) is 56.3 cm³/mol. The molecule has 6 heteroatoms. The Balaban J connectivity index is 2.11. The number of carbonyl (C=O) groups excluding carboxylic acids is 1. The predicted octanol–water partition coefficient (Wildman–Crippen LogP) is 2.30. The average Bonchev–Trinajstić information content (AvgIpc) is 2.38. The second kappa shape index (κ2) is 5.07. The van der Waals surface area contributed by atoms with Crippen LogP contribution in [-0.2, 0) is 15.7 Å². The van der Waals surface area contributed by atoms with Crippen molar-refractivity contribution in [3.8, 4) is 0 Å². The number of hydrogen-bond donors (Lipinski definition) is 0.